The Bertz CT molecular complexity index is 806. The maximum Gasteiger partial charge on any atom is 0.416 e. The first-order valence-corrected chi connectivity index (χ1v) is 7.56. The van der Waals surface area contributed by atoms with Crippen molar-refractivity contribution in [3.8, 4) is 17.5 Å². The fourth-order valence-electron chi connectivity index (χ4n) is 2.76. The van der Waals surface area contributed by atoms with Crippen molar-refractivity contribution in [3.05, 3.63) is 35.7 Å². The van der Waals surface area contributed by atoms with Crippen LogP contribution in [0, 0.1) is 11.3 Å². The van der Waals surface area contributed by atoms with E-state index in [1.807, 2.05) is 11.0 Å². The van der Waals surface area contributed by atoms with Gasteiger partial charge in [0.15, 0.2) is 0 Å². The van der Waals surface area contributed by atoms with Gasteiger partial charge in [-0.15, -0.1) is 0 Å². The van der Waals surface area contributed by atoms with Crippen molar-refractivity contribution in [2.75, 3.05) is 13.1 Å². The quantitative estimate of drug-likeness (QED) is 0.911. The van der Waals surface area contributed by atoms with Gasteiger partial charge in [0.05, 0.1) is 24.1 Å². The van der Waals surface area contributed by atoms with Crippen LogP contribution in [0.1, 0.15) is 30.8 Å². The number of aliphatic hydroxyl groups is 1. The van der Waals surface area contributed by atoms with E-state index in [1.165, 1.54) is 12.1 Å². The van der Waals surface area contributed by atoms with E-state index in [9.17, 15) is 18.3 Å². The van der Waals surface area contributed by atoms with Gasteiger partial charge in [-0.05, 0) is 19.1 Å². The molecule has 6 nitrogen and oxygen atoms in total. The minimum absolute atomic E-state index is 0.0372. The molecule has 3 rings (SSSR count). The summed E-state index contributed by atoms with van der Waals surface area (Å²) in [6, 6.07) is 6.32. The van der Waals surface area contributed by atoms with Crippen molar-refractivity contribution < 1.29 is 22.8 Å². The number of hydrogen-bond acceptors (Lipinski definition) is 6. The van der Waals surface area contributed by atoms with Gasteiger partial charge in [-0.1, -0.05) is 17.3 Å². The second kappa shape index (κ2) is 6.13. The van der Waals surface area contributed by atoms with Crippen LogP contribution in [0.25, 0.3) is 11.4 Å². The summed E-state index contributed by atoms with van der Waals surface area (Å²) in [5, 5.41) is 22.4. The van der Waals surface area contributed by atoms with Crippen LogP contribution in [0.4, 0.5) is 13.2 Å². The Balaban J connectivity index is 1.74. The molecule has 0 saturated carbocycles. The summed E-state index contributed by atoms with van der Waals surface area (Å²) >= 11 is 0. The zero-order valence-electron chi connectivity index (χ0n) is 13.3. The SMILES string of the molecule is C[C@H](c1nc(-c2cccc(C(F)(F)F)c2)no1)N1CC(O)(CC#N)C1. The Labute approximate surface area is 141 Å². The molecule has 132 valence electrons. The first-order chi connectivity index (χ1) is 11.7. The smallest absolute Gasteiger partial charge is 0.386 e. The van der Waals surface area contributed by atoms with Crippen LogP contribution in [0.2, 0.25) is 0 Å². The van der Waals surface area contributed by atoms with Gasteiger partial charge in [0.1, 0.15) is 5.60 Å². The molecule has 0 amide bonds. The molecular weight excluding hydrogens is 337 g/mol. The van der Waals surface area contributed by atoms with Gasteiger partial charge in [-0.2, -0.15) is 23.4 Å². The molecule has 1 aromatic carbocycles. The highest BCUT2D eigenvalue weighted by molar-refractivity contribution is 5.55. The molecular formula is C16H15F3N4O2. The second-order valence-corrected chi connectivity index (χ2v) is 6.17. The van der Waals surface area contributed by atoms with Crippen LogP contribution < -0.4 is 0 Å². The Kier molecular flexibility index (Phi) is 4.26. The van der Waals surface area contributed by atoms with Crippen LogP contribution in [0.5, 0.6) is 0 Å². The summed E-state index contributed by atoms with van der Waals surface area (Å²) in [5.74, 6) is 0.312. The average Bonchev–Trinajstić information content (AvgIpc) is 3.01. The molecule has 1 aromatic heterocycles. The van der Waals surface area contributed by atoms with Crippen LogP contribution in [0.15, 0.2) is 28.8 Å². The third kappa shape index (κ3) is 3.50. The number of benzene rings is 1. The lowest BCUT2D eigenvalue weighted by Crippen LogP contribution is -2.61. The third-order valence-corrected chi connectivity index (χ3v) is 4.20. The molecule has 0 radical (unpaired) electrons. The number of β-amino-alcohol motifs (C(OH)–C–C–N with tert-alkyl or cyclic N) is 1. The van der Waals surface area contributed by atoms with E-state index in [0.29, 0.717) is 13.1 Å². The number of aromatic nitrogens is 2. The first-order valence-electron chi connectivity index (χ1n) is 7.56. The van der Waals surface area contributed by atoms with Crippen molar-refractivity contribution >= 4 is 0 Å². The summed E-state index contributed by atoms with van der Waals surface area (Å²) in [5.41, 5.74) is -1.61. The van der Waals surface area contributed by atoms with Crippen molar-refractivity contribution in [3.63, 3.8) is 0 Å². The molecule has 1 N–H and O–H groups in total. The second-order valence-electron chi connectivity index (χ2n) is 6.17. The minimum atomic E-state index is -4.45. The van der Waals surface area contributed by atoms with Gasteiger partial charge in [-0.3, -0.25) is 4.90 Å². The largest absolute Gasteiger partial charge is 0.416 e. The summed E-state index contributed by atoms with van der Waals surface area (Å²) in [6.45, 7) is 2.38. The zero-order valence-corrected chi connectivity index (χ0v) is 13.3. The van der Waals surface area contributed by atoms with Gasteiger partial charge in [0, 0.05) is 18.7 Å². The van der Waals surface area contributed by atoms with Crippen molar-refractivity contribution in [1.82, 2.24) is 15.0 Å². The summed E-state index contributed by atoms with van der Waals surface area (Å²) in [6.07, 6.45) is -4.41. The normalized spacial score (nSPS) is 18.4. The van der Waals surface area contributed by atoms with Crippen LogP contribution in [0.3, 0.4) is 0 Å². The summed E-state index contributed by atoms with van der Waals surface area (Å²) < 4.78 is 43.5. The molecule has 9 heteroatoms. The molecule has 2 aromatic rings. The topological polar surface area (TPSA) is 86.2 Å². The molecule has 25 heavy (non-hydrogen) atoms. The number of nitriles is 1. The number of hydrogen-bond donors (Lipinski definition) is 1. The van der Waals surface area contributed by atoms with Gasteiger partial charge in [0.2, 0.25) is 11.7 Å². The molecule has 2 heterocycles. The first kappa shape index (κ1) is 17.4. The maximum atomic E-state index is 12.8. The Morgan fingerprint density at radius 1 is 1.44 bits per heavy atom. The molecule has 0 bridgehead atoms. The van der Waals surface area contributed by atoms with E-state index in [-0.39, 0.29) is 29.7 Å². The molecule has 1 saturated heterocycles. The molecule has 1 fully saturated rings. The highest BCUT2D eigenvalue weighted by atomic mass is 19.4. The van der Waals surface area contributed by atoms with E-state index in [1.54, 1.807) is 6.92 Å². The zero-order chi connectivity index (χ0) is 18.2. The van der Waals surface area contributed by atoms with Gasteiger partial charge in [-0.25, -0.2) is 0 Å². The van der Waals surface area contributed by atoms with Crippen LogP contribution in [-0.2, 0) is 6.18 Å². The van der Waals surface area contributed by atoms with E-state index in [2.05, 4.69) is 10.1 Å². The lowest BCUT2D eigenvalue weighted by atomic mass is 9.89. The maximum absolute atomic E-state index is 12.8. The number of nitrogens with zero attached hydrogens (tertiary/aromatic N) is 4. The minimum Gasteiger partial charge on any atom is -0.386 e. The number of rotatable bonds is 4. The predicted octanol–water partition coefficient (Wildman–Crippen LogP) is 2.78. The highest BCUT2D eigenvalue weighted by Crippen LogP contribution is 2.34. The van der Waals surface area contributed by atoms with Gasteiger partial charge in [0.25, 0.3) is 0 Å². The van der Waals surface area contributed by atoms with Crippen LogP contribution in [-0.4, -0.2) is 38.8 Å². The lowest BCUT2D eigenvalue weighted by molar-refractivity contribution is -0.137. The fourth-order valence-corrected chi connectivity index (χ4v) is 2.76. The molecule has 1 atom stereocenters. The van der Waals surface area contributed by atoms with E-state index >= 15 is 0 Å². The average molecular weight is 352 g/mol. The lowest BCUT2D eigenvalue weighted by Gasteiger charge is -2.47. The third-order valence-electron chi connectivity index (χ3n) is 4.20. The van der Waals surface area contributed by atoms with E-state index in [0.717, 1.165) is 12.1 Å². The Morgan fingerprint density at radius 2 is 2.16 bits per heavy atom. The Hall–Kier alpha value is -2.44. The van der Waals surface area contributed by atoms with E-state index < -0.39 is 17.3 Å². The van der Waals surface area contributed by atoms with Gasteiger partial charge < -0.3 is 9.63 Å². The number of likely N-dealkylation sites (tertiary alicyclic amines) is 1. The fraction of sp³-hybridized carbons (Fsp3) is 0.438. The molecule has 0 unspecified atom stereocenters. The van der Waals surface area contributed by atoms with Crippen molar-refractivity contribution in [2.24, 2.45) is 0 Å². The standard InChI is InChI=1S/C16H15F3N4O2/c1-10(23-8-15(24,9-23)5-6-20)14-21-13(22-25-14)11-3-2-4-12(7-11)16(17,18)19/h2-4,7,10,24H,5,8-9H2,1H3/t10-/m1/s1. The highest BCUT2D eigenvalue weighted by Gasteiger charge is 2.44. The monoisotopic (exact) mass is 352 g/mol. The summed E-state index contributed by atoms with van der Waals surface area (Å²) in [4.78, 5) is 6.01. The van der Waals surface area contributed by atoms with Gasteiger partial charge >= 0.3 is 6.18 Å². The van der Waals surface area contributed by atoms with Crippen molar-refractivity contribution in [2.45, 2.75) is 31.2 Å². The number of alkyl halides is 3. The molecule has 0 aliphatic carbocycles. The van der Waals surface area contributed by atoms with E-state index in [4.69, 9.17) is 9.78 Å². The molecule has 1 aliphatic rings. The van der Waals surface area contributed by atoms with Crippen LogP contribution >= 0.6 is 0 Å². The molecule has 0 spiro atoms. The number of halogens is 3. The van der Waals surface area contributed by atoms with Crippen molar-refractivity contribution in [1.29, 1.82) is 5.26 Å². The molecule has 1 aliphatic heterocycles. The Morgan fingerprint density at radius 3 is 2.80 bits per heavy atom. The summed E-state index contributed by atoms with van der Waals surface area (Å²) in [7, 11) is 0. The predicted molar refractivity (Wildman–Crippen MR) is 79.9 cm³/mol.